The lowest BCUT2D eigenvalue weighted by molar-refractivity contribution is -0.127. The van der Waals surface area contributed by atoms with Crippen molar-refractivity contribution < 1.29 is 14.0 Å². The van der Waals surface area contributed by atoms with Crippen LogP contribution in [0.5, 0.6) is 0 Å². The highest BCUT2D eigenvalue weighted by molar-refractivity contribution is 6.00. The van der Waals surface area contributed by atoms with Gasteiger partial charge in [-0.25, -0.2) is 4.39 Å². The van der Waals surface area contributed by atoms with Gasteiger partial charge in [0.05, 0.1) is 17.6 Å². The van der Waals surface area contributed by atoms with Crippen LogP contribution in [0, 0.1) is 18.7 Å². The van der Waals surface area contributed by atoms with E-state index in [0.29, 0.717) is 0 Å². The fraction of sp³-hybridized carbons (Fsp3) is 0.440. The predicted molar refractivity (Wildman–Crippen MR) is 123 cm³/mol. The molecule has 4 rings (SSSR count). The second-order valence-corrected chi connectivity index (χ2v) is 8.94. The maximum atomic E-state index is 14.4. The standard InChI is InChI=1S/C25H31FN4O2/c1-18-8-9-23(21(26)14-18)30-16-20(15-24(30)31)25(32)27-22(19-6-4-3-5-7-19)17-29-12-10-28(2)11-13-29/h3-9,14,20,22H,10-13,15-17H2,1-2H3,(H,27,32). The minimum Gasteiger partial charge on any atom is -0.348 e. The Morgan fingerprint density at radius 3 is 2.53 bits per heavy atom. The Morgan fingerprint density at radius 2 is 1.84 bits per heavy atom. The molecule has 0 aliphatic carbocycles. The Kier molecular flexibility index (Phi) is 6.86. The monoisotopic (exact) mass is 438 g/mol. The lowest BCUT2D eigenvalue weighted by Gasteiger charge is -2.35. The molecule has 32 heavy (non-hydrogen) atoms. The number of benzene rings is 2. The number of nitrogens with one attached hydrogen (secondary N) is 1. The first-order valence-electron chi connectivity index (χ1n) is 11.2. The van der Waals surface area contributed by atoms with Crippen LogP contribution in [-0.4, -0.2) is 67.9 Å². The largest absolute Gasteiger partial charge is 0.348 e. The van der Waals surface area contributed by atoms with Crippen molar-refractivity contribution in [2.24, 2.45) is 5.92 Å². The highest BCUT2D eigenvalue weighted by Crippen LogP contribution is 2.29. The van der Waals surface area contributed by atoms with Crippen molar-refractivity contribution in [2.75, 3.05) is 51.2 Å². The average molecular weight is 439 g/mol. The fourth-order valence-electron chi connectivity index (χ4n) is 4.44. The Morgan fingerprint density at radius 1 is 1.12 bits per heavy atom. The van der Waals surface area contributed by atoms with Crippen molar-refractivity contribution in [3.63, 3.8) is 0 Å². The van der Waals surface area contributed by atoms with Crippen molar-refractivity contribution in [2.45, 2.75) is 19.4 Å². The SMILES string of the molecule is Cc1ccc(N2CC(C(=O)NC(CN3CCN(C)CC3)c3ccccc3)CC2=O)c(F)c1. The number of carbonyl (C=O) groups excluding carboxylic acids is 2. The molecule has 2 heterocycles. The molecule has 7 heteroatoms. The summed E-state index contributed by atoms with van der Waals surface area (Å²) in [6.45, 7) is 6.64. The summed E-state index contributed by atoms with van der Waals surface area (Å²) in [5.74, 6) is -1.31. The van der Waals surface area contributed by atoms with Crippen LogP contribution in [0.4, 0.5) is 10.1 Å². The summed E-state index contributed by atoms with van der Waals surface area (Å²) >= 11 is 0. The molecule has 0 aromatic heterocycles. The van der Waals surface area contributed by atoms with Gasteiger partial charge < -0.3 is 15.1 Å². The molecule has 6 nitrogen and oxygen atoms in total. The molecular formula is C25H31FN4O2. The third-order valence-electron chi connectivity index (χ3n) is 6.44. The summed E-state index contributed by atoms with van der Waals surface area (Å²) in [7, 11) is 2.12. The highest BCUT2D eigenvalue weighted by Gasteiger charge is 2.37. The molecule has 2 aliphatic heterocycles. The van der Waals surface area contributed by atoms with Crippen LogP contribution >= 0.6 is 0 Å². The highest BCUT2D eigenvalue weighted by atomic mass is 19.1. The molecule has 0 saturated carbocycles. The van der Waals surface area contributed by atoms with Crippen molar-refractivity contribution in [1.82, 2.24) is 15.1 Å². The van der Waals surface area contributed by atoms with Gasteiger partial charge in [-0.15, -0.1) is 0 Å². The van der Waals surface area contributed by atoms with Gasteiger partial charge in [-0.3, -0.25) is 14.5 Å². The first-order chi connectivity index (χ1) is 15.4. The Bertz CT molecular complexity index is 960. The molecular weight excluding hydrogens is 407 g/mol. The van der Waals surface area contributed by atoms with E-state index in [1.165, 1.54) is 11.0 Å². The van der Waals surface area contributed by atoms with Crippen LogP contribution in [0.3, 0.4) is 0 Å². The van der Waals surface area contributed by atoms with Crippen molar-refractivity contribution in [3.05, 3.63) is 65.5 Å². The number of likely N-dealkylation sites (N-methyl/N-ethyl adjacent to an activating group) is 1. The Labute approximate surface area is 189 Å². The Balaban J connectivity index is 1.45. The number of aryl methyl sites for hydroxylation is 1. The van der Waals surface area contributed by atoms with Gasteiger partial charge in [-0.2, -0.15) is 0 Å². The molecule has 0 radical (unpaired) electrons. The number of nitrogens with zero attached hydrogens (tertiary/aromatic N) is 3. The van der Waals surface area contributed by atoms with Crippen molar-refractivity contribution >= 4 is 17.5 Å². The summed E-state index contributed by atoms with van der Waals surface area (Å²) in [6.07, 6.45) is 0.0924. The van der Waals surface area contributed by atoms with E-state index in [9.17, 15) is 14.0 Å². The molecule has 2 fully saturated rings. The number of carbonyl (C=O) groups is 2. The first kappa shape index (κ1) is 22.4. The quantitative estimate of drug-likeness (QED) is 0.753. The topological polar surface area (TPSA) is 55.9 Å². The molecule has 0 bridgehead atoms. The van der Waals surface area contributed by atoms with E-state index < -0.39 is 11.7 Å². The molecule has 2 amide bonds. The van der Waals surface area contributed by atoms with Gasteiger partial charge in [0.1, 0.15) is 5.82 Å². The van der Waals surface area contributed by atoms with E-state index in [4.69, 9.17) is 0 Å². The second kappa shape index (κ2) is 9.79. The summed E-state index contributed by atoms with van der Waals surface area (Å²) in [5.41, 5.74) is 2.08. The van der Waals surface area contributed by atoms with E-state index in [1.54, 1.807) is 19.1 Å². The maximum absolute atomic E-state index is 14.4. The first-order valence-corrected chi connectivity index (χ1v) is 11.2. The molecule has 0 spiro atoms. The van der Waals surface area contributed by atoms with E-state index >= 15 is 0 Å². The van der Waals surface area contributed by atoms with E-state index in [-0.39, 0.29) is 36.5 Å². The third kappa shape index (κ3) is 5.16. The van der Waals surface area contributed by atoms with Crippen LogP contribution in [-0.2, 0) is 9.59 Å². The number of amides is 2. The van der Waals surface area contributed by atoms with Gasteiger partial charge in [-0.1, -0.05) is 36.4 Å². The maximum Gasteiger partial charge on any atom is 0.227 e. The van der Waals surface area contributed by atoms with E-state index in [0.717, 1.165) is 43.9 Å². The molecule has 2 aromatic carbocycles. The zero-order valence-electron chi connectivity index (χ0n) is 18.8. The van der Waals surface area contributed by atoms with Crippen LogP contribution in [0.25, 0.3) is 0 Å². The number of anilines is 1. The Hall–Kier alpha value is -2.77. The van der Waals surface area contributed by atoms with Crippen LogP contribution < -0.4 is 10.2 Å². The molecule has 170 valence electrons. The zero-order chi connectivity index (χ0) is 22.7. The van der Waals surface area contributed by atoms with Gasteiger partial charge in [-0.05, 0) is 37.2 Å². The number of hydrogen-bond acceptors (Lipinski definition) is 4. The van der Waals surface area contributed by atoms with E-state index in [1.807, 2.05) is 30.3 Å². The lowest BCUT2D eigenvalue weighted by Crippen LogP contribution is -2.48. The number of rotatable bonds is 6. The molecule has 2 aliphatic rings. The van der Waals surface area contributed by atoms with Crippen molar-refractivity contribution in [1.29, 1.82) is 0 Å². The molecule has 2 unspecified atom stereocenters. The van der Waals surface area contributed by atoms with Crippen LogP contribution in [0.1, 0.15) is 23.6 Å². The number of hydrogen-bond donors (Lipinski definition) is 1. The summed E-state index contributed by atoms with van der Waals surface area (Å²) < 4.78 is 14.4. The number of piperazine rings is 1. The van der Waals surface area contributed by atoms with Gasteiger partial charge in [0.25, 0.3) is 0 Å². The lowest BCUT2D eigenvalue weighted by atomic mass is 10.0. The minimum absolute atomic E-state index is 0.0924. The van der Waals surface area contributed by atoms with Crippen LogP contribution in [0.15, 0.2) is 48.5 Å². The second-order valence-electron chi connectivity index (χ2n) is 8.94. The van der Waals surface area contributed by atoms with Crippen molar-refractivity contribution in [3.8, 4) is 0 Å². The fourth-order valence-corrected chi connectivity index (χ4v) is 4.44. The third-order valence-corrected chi connectivity index (χ3v) is 6.44. The molecule has 2 atom stereocenters. The van der Waals surface area contributed by atoms with Gasteiger partial charge in [0.15, 0.2) is 0 Å². The van der Waals surface area contributed by atoms with Gasteiger partial charge in [0.2, 0.25) is 11.8 Å². The predicted octanol–water partition coefficient (Wildman–Crippen LogP) is 2.59. The molecule has 2 aromatic rings. The van der Waals surface area contributed by atoms with Gasteiger partial charge in [0, 0.05) is 45.7 Å². The smallest absolute Gasteiger partial charge is 0.227 e. The zero-order valence-corrected chi connectivity index (χ0v) is 18.8. The average Bonchev–Trinajstić information content (AvgIpc) is 3.17. The van der Waals surface area contributed by atoms with E-state index in [2.05, 4.69) is 22.2 Å². The minimum atomic E-state index is -0.498. The van der Waals surface area contributed by atoms with Gasteiger partial charge >= 0.3 is 0 Å². The van der Waals surface area contributed by atoms with Crippen LogP contribution in [0.2, 0.25) is 0 Å². The summed E-state index contributed by atoms with van der Waals surface area (Å²) in [4.78, 5) is 31.8. The molecule has 1 N–H and O–H groups in total. The number of halogens is 1. The normalized spacial score (nSPS) is 21.0. The summed E-state index contributed by atoms with van der Waals surface area (Å²) in [5, 5.41) is 3.18. The molecule has 2 saturated heterocycles. The summed E-state index contributed by atoms with van der Waals surface area (Å²) in [6, 6.07) is 14.6.